The molecule has 0 atom stereocenters. The average molecular weight is 187 g/mol. The van der Waals surface area contributed by atoms with Gasteiger partial charge in [-0.15, -0.1) is 0 Å². The molecule has 1 aromatic rings. The minimum atomic E-state index is -0.972. The van der Waals surface area contributed by atoms with E-state index in [1.807, 2.05) is 12.1 Å². The topological polar surface area (TPSA) is 69.7 Å². The molecule has 14 heavy (non-hydrogen) atoms. The Kier molecular flexibility index (Phi) is 2.69. The second-order valence-corrected chi connectivity index (χ2v) is 3.19. The Morgan fingerprint density at radius 2 is 2.14 bits per heavy atom. The van der Waals surface area contributed by atoms with Gasteiger partial charge in [0.1, 0.15) is 17.7 Å². The highest BCUT2D eigenvalue weighted by Gasteiger charge is 2.20. The van der Waals surface area contributed by atoms with E-state index < -0.39 is 5.60 Å². The molecule has 0 aliphatic rings. The van der Waals surface area contributed by atoms with Gasteiger partial charge in [-0.2, -0.15) is 10.5 Å². The van der Waals surface area contributed by atoms with Crippen molar-refractivity contribution in [2.24, 2.45) is 0 Å². The van der Waals surface area contributed by atoms with Gasteiger partial charge in [-0.05, 0) is 26.0 Å². The Morgan fingerprint density at radius 1 is 1.43 bits per heavy atom. The number of pyridine rings is 1. The van der Waals surface area contributed by atoms with Crippen LogP contribution >= 0.6 is 0 Å². The predicted molar refractivity (Wildman–Crippen MR) is 49.3 cm³/mol. The van der Waals surface area contributed by atoms with E-state index in [1.54, 1.807) is 26.0 Å². The molecule has 0 saturated heterocycles. The van der Waals surface area contributed by atoms with E-state index in [0.717, 1.165) is 0 Å². The van der Waals surface area contributed by atoms with E-state index in [2.05, 4.69) is 4.98 Å². The molecular weight excluding hydrogens is 178 g/mol. The smallest absolute Gasteiger partial charge is 0.233 e. The highest BCUT2D eigenvalue weighted by atomic mass is 16.5. The molecule has 0 N–H and O–H groups in total. The van der Waals surface area contributed by atoms with Crippen LogP contribution in [0, 0.1) is 22.7 Å². The van der Waals surface area contributed by atoms with Crippen molar-refractivity contribution < 1.29 is 4.74 Å². The van der Waals surface area contributed by atoms with Gasteiger partial charge in [-0.25, -0.2) is 4.98 Å². The Bertz CT molecular complexity index is 412. The van der Waals surface area contributed by atoms with Crippen LogP contribution < -0.4 is 4.74 Å². The second kappa shape index (κ2) is 3.76. The number of rotatable bonds is 2. The van der Waals surface area contributed by atoms with E-state index in [9.17, 15) is 0 Å². The van der Waals surface area contributed by atoms with Gasteiger partial charge in [0.15, 0.2) is 5.60 Å². The summed E-state index contributed by atoms with van der Waals surface area (Å²) in [6, 6.07) is 7.15. The molecule has 0 amide bonds. The lowest BCUT2D eigenvalue weighted by Crippen LogP contribution is -2.26. The van der Waals surface area contributed by atoms with Crippen molar-refractivity contribution in [3.8, 4) is 18.0 Å². The standard InChI is InChI=1S/C10H9N3O/c1-10(2,7-12)14-9-8(6-11)4-3-5-13-9/h3-5H,1-2H3. The summed E-state index contributed by atoms with van der Waals surface area (Å²) in [5.74, 6) is 0.196. The van der Waals surface area contributed by atoms with Gasteiger partial charge >= 0.3 is 0 Å². The van der Waals surface area contributed by atoms with Crippen LogP contribution in [0.15, 0.2) is 18.3 Å². The lowest BCUT2D eigenvalue weighted by Gasteiger charge is -2.17. The van der Waals surface area contributed by atoms with Crippen molar-refractivity contribution in [2.75, 3.05) is 0 Å². The maximum Gasteiger partial charge on any atom is 0.233 e. The maximum absolute atomic E-state index is 8.74. The molecule has 0 spiro atoms. The lowest BCUT2D eigenvalue weighted by atomic mass is 10.2. The first-order chi connectivity index (χ1) is 6.59. The van der Waals surface area contributed by atoms with E-state index in [-0.39, 0.29) is 5.88 Å². The molecule has 0 fully saturated rings. The number of ether oxygens (including phenoxy) is 1. The number of hydrogen-bond donors (Lipinski definition) is 0. The zero-order valence-electron chi connectivity index (χ0n) is 7.98. The summed E-state index contributed by atoms with van der Waals surface area (Å²) in [6.45, 7) is 3.23. The van der Waals surface area contributed by atoms with E-state index >= 15 is 0 Å². The molecule has 0 aliphatic heterocycles. The van der Waals surface area contributed by atoms with Crippen molar-refractivity contribution in [1.29, 1.82) is 10.5 Å². The Hall–Kier alpha value is -2.07. The number of hydrogen-bond acceptors (Lipinski definition) is 4. The zero-order chi connectivity index (χ0) is 10.6. The summed E-state index contributed by atoms with van der Waals surface area (Å²) in [5, 5.41) is 17.5. The van der Waals surface area contributed by atoms with E-state index in [4.69, 9.17) is 15.3 Å². The molecule has 1 aromatic heterocycles. The highest BCUT2D eigenvalue weighted by Crippen LogP contribution is 2.18. The summed E-state index contributed by atoms with van der Waals surface area (Å²) < 4.78 is 5.28. The summed E-state index contributed by atoms with van der Waals surface area (Å²) in [4.78, 5) is 3.89. The molecule has 1 rings (SSSR count). The van der Waals surface area contributed by atoms with Crippen LogP contribution in [0.2, 0.25) is 0 Å². The van der Waals surface area contributed by atoms with Gasteiger partial charge in [0.2, 0.25) is 5.88 Å². The van der Waals surface area contributed by atoms with Crippen LogP contribution in [-0.2, 0) is 0 Å². The van der Waals surface area contributed by atoms with E-state index in [0.29, 0.717) is 5.56 Å². The molecule has 0 radical (unpaired) electrons. The third-order valence-corrected chi connectivity index (χ3v) is 1.51. The summed E-state index contributed by atoms with van der Waals surface area (Å²) >= 11 is 0. The zero-order valence-corrected chi connectivity index (χ0v) is 7.98. The van der Waals surface area contributed by atoms with Crippen molar-refractivity contribution in [2.45, 2.75) is 19.4 Å². The van der Waals surface area contributed by atoms with Crippen molar-refractivity contribution in [3.05, 3.63) is 23.9 Å². The maximum atomic E-state index is 8.74. The number of nitrogens with zero attached hydrogens (tertiary/aromatic N) is 3. The largest absolute Gasteiger partial charge is 0.455 e. The van der Waals surface area contributed by atoms with Crippen LogP contribution in [0.4, 0.5) is 0 Å². The Balaban J connectivity index is 3.00. The first-order valence-corrected chi connectivity index (χ1v) is 4.04. The average Bonchev–Trinajstić information content (AvgIpc) is 2.18. The Morgan fingerprint density at radius 3 is 2.71 bits per heavy atom. The Labute approximate surface area is 82.4 Å². The molecule has 0 aromatic carbocycles. The fourth-order valence-corrected chi connectivity index (χ4v) is 0.822. The van der Waals surface area contributed by atoms with Gasteiger partial charge in [-0.1, -0.05) is 0 Å². The van der Waals surface area contributed by atoms with Crippen LogP contribution in [0.5, 0.6) is 5.88 Å². The second-order valence-electron chi connectivity index (χ2n) is 3.19. The van der Waals surface area contributed by atoms with Gasteiger partial charge in [-0.3, -0.25) is 0 Å². The fraction of sp³-hybridized carbons (Fsp3) is 0.300. The molecule has 1 heterocycles. The van der Waals surface area contributed by atoms with Gasteiger partial charge in [0.05, 0.1) is 0 Å². The quantitative estimate of drug-likeness (QED) is 0.705. The molecular formula is C10H9N3O. The third kappa shape index (κ3) is 2.21. The highest BCUT2D eigenvalue weighted by molar-refractivity contribution is 5.37. The molecule has 4 nitrogen and oxygen atoms in total. The summed E-state index contributed by atoms with van der Waals surface area (Å²) in [5.41, 5.74) is -0.643. The fourth-order valence-electron chi connectivity index (χ4n) is 0.822. The lowest BCUT2D eigenvalue weighted by molar-refractivity contribution is 0.161. The van der Waals surface area contributed by atoms with Crippen LogP contribution in [-0.4, -0.2) is 10.6 Å². The minimum Gasteiger partial charge on any atom is -0.455 e. The van der Waals surface area contributed by atoms with Gasteiger partial charge < -0.3 is 4.74 Å². The molecule has 0 aliphatic carbocycles. The molecule has 70 valence electrons. The number of nitriles is 2. The monoisotopic (exact) mass is 187 g/mol. The normalized spacial score (nSPS) is 10.0. The number of aromatic nitrogens is 1. The summed E-state index contributed by atoms with van der Waals surface area (Å²) in [7, 11) is 0. The van der Waals surface area contributed by atoms with Gasteiger partial charge in [0, 0.05) is 6.20 Å². The summed E-state index contributed by atoms with van der Waals surface area (Å²) in [6.07, 6.45) is 1.52. The third-order valence-electron chi connectivity index (χ3n) is 1.51. The molecule has 0 saturated carbocycles. The van der Waals surface area contributed by atoms with Gasteiger partial charge in [0.25, 0.3) is 0 Å². The van der Waals surface area contributed by atoms with Crippen molar-refractivity contribution in [1.82, 2.24) is 4.98 Å². The first-order valence-electron chi connectivity index (χ1n) is 4.04. The molecule has 0 unspecified atom stereocenters. The van der Waals surface area contributed by atoms with Crippen molar-refractivity contribution >= 4 is 0 Å². The SMILES string of the molecule is CC(C)(C#N)Oc1ncccc1C#N. The minimum absolute atomic E-state index is 0.196. The van der Waals surface area contributed by atoms with Crippen LogP contribution in [0.3, 0.4) is 0 Å². The first kappa shape index (κ1) is 10.0. The molecule has 4 heteroatoms. The van der Waals surface area contributed by atoms with Crippen LogP contribution in [0.1, 0.15) is 19.4 Å². The predicted octanol–water partition coefficient (Wildman–Crippen LogP) is 1.63. The van der Waals surface area contributed by atoms with Crippen molar-refractivity contribution in [3.63, 3.8) is 0 Å². The molecule has 0 bridgehead atoms. The van der Waals surface area contributed by atoms with E-state index in [1.165, 1.54) is 6.20 Å². The van der Waals surface area contributed by atoms with Crippen LogP contribution in [0.25, 0.3) is 0 Å².